The average molecular weight is 273 g/mol. The van der Waals surface area contributed by atoms with E-state index >= 15 is 0 Å². The zero-order valence-corrected chi connectivity index (χ0v) is 12.0. The standard InChI is InChI=1S/C13H20FNO2S/c1-5-15-13(10(3)18(4,16)17)11-8-9(2)6-7-12(11)14/h6-8,10,13,15H,5H2,1-4H3. The van der Waals surface area contributed by atoms with Crippen LogP contribution in [0.25, 0.3) is 0 Å². The molecule has 1 rings (SSSR count). The zero-order valence-electron chi connectivity index (χ0n) is 11.2. The second kappa shape index (κ2) is 5.80. The van der Waals surface area contributed by atoms with Crippen molar-refractivity contribution in [2.45, 2.75) is 32.1 Å². The van der Waals surface area contributed by atoms with E-state index in [2.05, 4.69) is 5.32 Å². The van der Waals surface area contributed by atoms with Crippen LogP contribution in [0.1, 0.15) is 31.0 Å². The van der Waals surface area contributed by atoms with E-state index in [1.54, 1.807) is 19.1 Å². The Balaban J connectivity index is 3.23. The summed E-state index contributed by atoms with van der Waals surface area (Å²) >= 11 is 0. The molecule has 5 heteroatoms. The van der Waals surface area contributed by atoms with Crippen LogP contribution in [0.5, 0.6) is 0 Å². The number of halogens is 1. The lowest BCUT2D eigenvalue weighted by molar-refractivity contribution is 0.488. The van der Waals surface area contributed by atoms with E-state index in [9.17, 15) is 12.8 Å². The molecule has 1 aromatic carbocycles. The van der Waals surface area contributed by atoms with E-state index in [0.29, 0.717) is 12.1 Å². The Labute approximate surface area is 108 Å². The summed E-state index contributed by atoms with van der Waals surface area (Å²) < 4.78 is 37.2. The molecule has 0 saturated carbocycles. The van der Waals surface area contributed by atoms with Crippen LogP contribution in [-0.2, 0) is 9.84 Å². The van der Waals surface area contributed by atoms with E-state index in [4.69, 9.17) is 0 Å². The van der Waals surface area contributed by atoms with Crippen molar-refractivity contribution in [3.05, 3.63) is 35.1 Å². The highest BCUT2D eigenvalue weighted by molar-refractivity contribution is 7.91. The summed E-state index contributed by atoms with van der Waals surface area (Å²) in [4.78, 5) is 0. The maximum absolute atomic E-state index is 13.9. The number of nitrogens with one attached hydrogen (secondary N) is 1. The molecular formula is C13H20FNO2S. The van der Waals surface area contributed by atoms with Gasteiger partial charge in [0.15, 0.2) is 9.84 Å². The molecule has 0 aliphatic rings. The summed E-state index contributed by atoms with van der Waals surface area (Å²) in [7, 11) is -3.23. The van der Waals surface area contributed by atoms with Gasteiger partial charge in [-0.25, -0.2) is 12.8 Å². The molecule has 1 N–H and O–H groups in total. The smallest absolute Gasteiger partial charge is 0.151 e. The molecule has 1 aromatic rings. The number of hydrogen-bond acceptors (Lipinski definition) is 3. The van der Waals surface area contributed by atoms with Gasteiger partial charge < -0.3 is 5.32 Å². The Morgan fingerprint density at radius 3 is 2.50 bits per heavy atom. The molecule has 0 saturated heterocycles. The van der Waals surface area contributed by atoms with Crippen molar-refractivity contribution < 1.29 is 12.8 Å². The molecule has 0 aromatic heterocycles. The third-order valence-electron chi connectivity index (χ3n) is 3.06. The van der Waals surface area contributed by atoms with Gasteiger partial charge in [0.05, 0.1) is 11.3 Å². The lowest BCUT2D eigenvalue weighted by atomic mass is 10.0. The number of aryl methyl sites for hydroxylation is 1. The second-order valence-corrected chi connectivity index (χ2v) is 7.00. The minimum Gasteiger partial charge on any atom is -0.309 e. The van der Waals surface area contributed by atoms with Gasteiger partial charge >= 0.3 is 0 Å². The van der Waals surface area contributed by atoms with Crippen LogP contribution in [0.15, 0.2) is 18.2 Å². The Bertz CT molecular complexity index is 514. The van der Waals surface area contributed by atoms with E-state index in [-0.39, 0.29) is 5.82 Å². The van der Waals surface area contributed by atoms with Gasteiger partial charge in [-0.05, 0) is 26.5 Å². The van der Waals surface area contributed by atoms with E-state index in [0.717, 1.165) is 5.56 Å². The predicted octanol–water partition coefficient (Wildman–Crippen LogP) is 2.22. The Morgan fingerprint density at radius 1 is 1.39 bits per heavy atom. The fraction of sp³-hybridized carbons (Fsp3) is 0.538. The Morgan fingerprint density at radius 2 is 2.00 bits per heavy atom. The number of benzene rings is 1. The van der Waals surface area contributed by atoms with Crippen molar-refractivity contribution in [3.8, 4) is 0 Å². The van der Waals surface area contributed by atoms with Crippen LogP contribution in [0.4, 0.5) is 4.39 Å². The second-order valence-electron chi connectivity index (χ2n) is 4.59. The Kier molecular flexibility index (Phi) is 4.87. The fourth-order valence-electron chi connectivity index (χ4n) is 1.90. The number of hydrogen-bond donors (Lipinski definition) is 1. The first-order chi connectivity index (χ1) is 8.27. The number of sulfone groups is 1. The topological polar surface area (TPSA) is 46.2 Å². The summed E-state index contributed by atoms with van der Waals surface area (Å²) in [5.41, 5.74) is 1.32. The molecule has 0 radical (unpaired) electrons. The van der Waals surface area contributed by atoms with Crippen LogP contribution < -0.4 is 5.32 Å². The van der Waals surface area contributed by atoms with Crippen molar-refractivity contribution in [2.75, 3.05) is 12.8 Å². The average Bonchev–Trinajstić information content (AvgIpc) is 2.27. The SMILES string of the molecule is CCNC(c1cc(C)ccc1F)C(C)S(C)(=O)=O. The molecule has 18 heavy (non-hydrogen) atoms. The summed E-state index contributed by atoms with van der Waals surface area (Å²) in [5.74, 6) is -0.373. The third kappa shape index (κ3) is 3.53. The molecule has 3 nitrogen and oxygen atoms in total. The van der Waals surface area contributed by atoms with Crippen LogP contribution >= 0.6 is 0 Å². The molecule has 0 fully saturated rings. The van der Waals surface area contributed by atoms with Crippen LogP contribution in [0, 0.1) is 12.7 Å². The molecule has 0 spiro atoms. The molecular weight excluding hydrogens is 253 g/mol. The molecule has 102 valence electrons. The predicted molar refractivity (Wildman–Crippen MR) is 71.9 cm³/mol. The van der Waals surface area contributed by atoms with Crippen molar-refractivity contribution in [1.82, 2.24) is 5.32 Å². The highest BCUT2D eigenvalue weighted by Gasteiger charge is 2.28. The quantitative estimate of drug-likeness (QED) is 0.894. The molecule has 2 unspecified atom stereocenters. The molecule has 0 bridgehead atoms. The number of rotatable bonds is 5. The lowest BCUT2D eigenvalue weighted by Gasteiger charge is -2.24. The van der Waals surface area contributed by atoms with E-state index in [1.165, 1.54) is 12.3 Å². The summed E-state index contributed by atoms with van der Waals surface area (Å²) in [6.07, 6.45) is 1.18. The molecule has 0 aliphatic carbocycles. The van der Waals surface area contributed by atoms with Crippen LogP contribution in [0.3, 0.4) is 0 Å². The first-order valence-corrected chi connectivity index (χ1v) is 7.91. The minimum absolute atomic E-state index is 0.373. The summed E-state index contributed by atoms with van der Waals surface area (Å²) in [5, 5.41) is 2.38. The first kappa shape index (κ1) is 15.1. The maximum atomic E-state index is 13.9. The van der Waals surface area contributed by atoms with Gasteiger partial charge in [-0.1, -0.05) is 24.6 Å². The largest absolute Gasteiger partial charge is 0.309 e. The van der Waals surface area contributed by atoms with Crippen LogP contribution in [0.2, 0.25) is 0 Å². The molecule has 0 amide bonds. The molecule has 0 heterocycles. The van der Waals surface area contributed by atoms with Gasteiger partial charge in [-0.3, -0.25) is 0 Å². The minimum atomic E-state index is -3.23. The van der Waals surface area contributed by atoms with Crippen LogP contribution in [-0.4, -0.2) is 26.5 Å². The fourth-order valence-corrected chi connectivity index (χ4v) is 2.63. The lowest BCUT2D eigenvalue weighted by Crippen LogP contribution is -2.35. The maximum Gasteiger partial charge on any atom is 0.151 e. The van der Waals surface area contributed by atoms with Gasteiger partial charge in [0.2, 0.25) is 0 Å². The van der Waals surface area contributed by atoms with E-state index in [1.807, 2.05) is 13.8 Å². The molecule has 0 aliphatic heterocycles. The van der Waals surface area contributed by atoms with Crippen molar-refractivity contribution in [2.24, 2.45) is 0 Å². The zero-order chi connectivity index (χ0) is 13.9. The molecule has 2 atom stereocenters. The van der Waals surface area contributed by atoms with Gasteiger partial charge in [0.25, 0.3) is 0 Å². The van der Waals surface area contributed by atoms with Gasteiger partial charge in [0, 0.05) is 11.8 Å². The highest BCUT2D eigenvalue weighted by atomic mass is 32.2. The van der Waals surface area contributed by atoms with Crippen molar-refractivity contribution >= 4 is 9.84 Å². The van der Waals surface area contributed by atoms with Crippen molar-refractivity contribution in [1.29, 1.82) is 0 Å². The van der Waals surface area contributed by atoms with Gasteiger partial charge in [-0.15, -0.1) is 0 Å². The van der Waals surface area contributed by atoms with E-state index < -0.39 is 21.1 Å². The van der Waals surface area contributed by atoms with Gasteiger partial charge in [-0.2, -0.15) is 0 Å². The normalized spacial score (nSPS) is 15.4. The highest BCUT2D eigenvalue weighted by Crippen LogP contribution is 2.25. The summed E-state index contributed by atoms with van der Waals surface area (Å²) in [6.45, 7) is 5.91. The summed E-state index contributed by atoms with van der Waals surface area (Å²) in [6, 6.07) is 4.23. The Hall–Kier alpha value is -0.940. The van der Waals surface area contributed by atoms with Crippen molar-refractivity contribution in [3.63, 3.8) is 0 Å². The first-order valence-electron chi connectivity index (χ1n) is 5.95. The monoisotopic (exact) mass is 273 g/mol. The third-order valence-corrected chi connectivity index (χ3v) is 4.68. The van der Waals surface area contributed by atoms with Gasteiger partial charge in [0.1, 0.15) is 5.82 Å².